The summed E-state index contributed by atoms with van der Waals surface area (Å²) in [5, 5.41) is 3.27. The van der Waals surface area contributed by atoms with Crippen LogP contribution in [0, 0.1) is 0 Å². The van der Waals surface area contributed by atoms with Gasteiger partial charge in [0, 0.05) is 37.4 Å². The Morgan fingerprint density at radius 3 is 2.60 bits per heavy atom. The molecule has 0 unspecified atom stereocenters. The molecule has 2 aromatic carbocycles. The summed E-state index contributed by atoms with van der Waals surface area (Å²) < 4.78 is 9.89. The van der Waals surface area contributed by atoms with E-state index < -0.39 is 0 Å². The number of benzene rings is 2. The van der Waals surface area contributed by atoms with E-state index in [1.54, 1.807) is 0 Å². The largest absolute Gasteiger partial charge is 0.362 e. The van der Waals surface area contributed by atoms with Crippen LogP contribution in [0.3, 0.4) is 0 Å². The van der Waals surface area contributed by atoms with E-state index in [2.05, 4.69) is 60.2 Å². The predicted molar refractivity (Wildman–Crippen MR) is 108 cm³/mol. The molecule has 0 saturated carbocycles. The van der Waals surface area contributed by atoms with Gasteiger partial charge in [0.25, 0.3) is 0 Å². The lowest BCUT2D eigenvalue weighted by atomic mass is 9.81. The summed E-state index contributed by atoms with van der Waals surface area (Å²) in [6.45, 7) is 5.89. The Bertz CT molecular complexity index is 832. The van der Waals surface area contributed by atoms with Crippen LogP contribution < -0.4 is 5.32 Å². The molecule has 1 N–H and O–H groups in total. The Kier molecular flexibility index (Phi) is 4.78. The first kappa shape index (κ1) is 15.9. The lowest BCUT2D eigenvalue weighted by Gasteiger charge is -2.15. The average Bonchev–Trinajstić information content (AvgIpc) is 2.88. The van der Waals surface area contributed by atoms with Gasteiger partial charge in [0.2, 0.25) is 5.69 Å². The molecular weight excluding hydrogens is 304 g/mol. The number of fused-ring (bicyclic) bond motifs is 1. The molecule has 2 heteroatoms. The summed E-state index contributed by atoms with van der Waals surface area (Å²) in [7, 11) is 0. The van der Waals surface area contributed by atoms with E-state index in [1.807, 2.05) is 42.6 Å². The molecule has 0 radical (unpaired) electrons. The summed E-state index contributed by atoms with van der Waals surface area (Å²) in [5.74, 6) is 0. The summed E-state index contributed by atoms with van der Waals surface area (Å²) in [4.78, 5) is 0. The highest BCUT2D eigenvalue weighted by Gasteiger charge is 2.43. The van der Waals surface area contributed by atoms with Gasteiger partial charge in [-0.15, -0.1) is 0 Å². The first-order valence-corrected chi connectivity index (χ1v) is 8.83. The summed E-state index contributed by atoms with van der Waals surface area (Å²) in [6, 6.07) is 18.7. The molecule has 0 aliphatic carbocycles. The van der Waals surface area contributed by atoms with Crippen molar-refractivity contribution in [3.8, 4) is 0 Å². The third-order valence-electron chi connectivity index (χ3n) is 4.67. The van der Waals surface area contributed by atoms with Crippen molar-refractivity contribution in [3.63, 3.8) is 0 Å². The number of allylic oxidation sites excluding steroid dienone is 3. The van der Waals surface area contributed by atoms with Crippen LogP contribution in [0.25, 0.3) is 0 Å². The standard InChI is InChI=1S/C23H26N2/c1-4-18-25-21-15-9-8-14-20(21)23(2,3)22(25)16-10-11-17-24-19-12-6-5-7-13-19/h5-17H,4,18H2,1-3H3/p+1/i1T. The molecule has 25 heavy (non-hydrogen) atoms. The van der Waals surface area contributed by atoms with Crippen LogP contribution in [0.1, 0.15) is 34.1 Å². The molecule has 0 bridgehead atoms. The van der Waals surface area contributed by atoms with Crippen molar-refractivity contribution in [2.75, 3.05) is 11.9 Å². The zero-order valence-electron chi connectivity index (χ0n) is 16.1. The first-order chi connectivity index (χ1) is 12.6. The minimum absolute atomic E-state index is 0.0319. The monoisotopic (exact) mass is 333 g/mol. The van der Waals surface area contributed by atoms with Crippen molar-refractivity contribution in [2.24, 2.45) is 0 Å². The van der Waals surface area contributed by atoms with Crippen LogP contribution in [-0.4, -0.2) is 16.8 Å². The van der Waals surface area contributed by atoms with E-state index in [1.165, 1.54) is 17.0 Å². The fourth-order valence-corrected chi connectivity index (χ4v) is 3.42. The van der Waals surface area contributed by atoms with Crippen molar-refractivity contribution < 1.29 is 5.95 Å². The highest BCUT2D eigenvalue weighted by Crippen LogP contribution is 2.39. The Hall–Kier alpha value is -2.61. The quantitative estimate of drug-likeness (QED) is 0.533. The van der Waals surface area contributed by atoms with E-state index in [0.29, 0.717) is 6.90 Å². The fourth-order valence-electron chi connectivity index (χ4n) is 3.42. The summed E-state index contributed by atoms with van der Waals surface area (Å²) in [5.41, 5.74) is 4.97. The zero-order valence-corrected chi connectivity index (χ0v) is 15.1. The number of nitrogens with zero attached hydrogens (tertiary/aromatic N) is 1. The van der Waals surface area contributed by atoms with Crippen molar-refractivity contribution in [1.82, 2.24) is 0 Å². The maximum absolute atomic E-state index is 7.52. The molecule has 2 aromatic rings. The lowest BCUT2D eigenvalue weighted by molar-refractivity contribution is -0.437. The second kappa shape index (κ2) is 7.52. The van der Waals surface area contributed by atoms with E-state index in [4.69, 9.17) is 1.37 Å². The lowest BCUT2D eigenvalue weighted by Crippen LogP contribution is -2.27. The molecular formula is C23H27N2+. The van der Waals surface area contributed by atoms with Crippen LogP contribution >= 0.6 is 0 Å². The number of anilines is 1. The van der Waals surface area contributed by atoms with Gasteiger partial charge in [0.1, 0.15) is 6.54 Å². The summed E-state index contributed by atoms with van der Waals surface area (Å²) in [6.07, 6.45) is 9.14. The Labute approximate surface area is 152 Å². The van der Waals surface area contributed by atoms with Crippen LogP contribution in [0.4, 0.5) is 11.4 Å². The molecule has 0 atom stereocenters. The third-order valence-corrected chi connectivity index (χ3v) is 4.67. The number of rotatable bonds is 6. The third kappa shape index (κ3) is 3.58. The molecule has 1 heterocycles. The minimum atomic E-state index is -0.0319. The van der Waals surface area contributed by atoms with Crippen molar-refractivity contribution >= 4 is 17.1 Å². The molecule has 0 fully saturated rings. The molecule has 0 amide bonds. The summed E-state index contributed by atoms with van der Waals surface area (Å²) >= 11 is 0. The predicted octanol–water partition coefficient (Wildman–Crippen LogP) is 5.65. The van der Waals surface area contributed by atoms with Gasteiger partial charge in [0.15, 0.2) is 5.71 Å². The van der Waals surface area contributed by atoms with Crippen molar-refractivity contribution in [2.45, 2.75) is 32.6 Å². The molecule has 2 nitrogen and oxygen atoms in total. The highest BCUT2D eigenvalue weighted by atomic mass is 15.1. The molecule has 0 aromatic heterocycles. The van der Waals surface area contributed by atoms with Gasteiger partial charge in [-0.3, -0.25) is 0 Å². The second-order valence-corrected chi connectivity index (χ2v) is 6.76. The number of hydrogen-bond acceptors (Lipinski definition) is 1. The molecule has 3 rings (SSSR count). The Morgan fingerprint density at radius 2 is 1.80 bits per heavy atom. The van der Waals surface area contributed by atoms with E-state index in [0.717, 1.165) is 18.7 Å². The number of para-hydroxylation sites is 2. The van der Waals surface area contributed by atoms with E-state index in [-0.39, 0.29) is 5.41 Å². The van der Waals surface area contributed by atoms with E-state index >= 15 is 0 Å². The maximum atomic E-state index is 7.52. The smallest absolute Gasteiger partial charge is 0.209 e. The highest BCUT2D eigenvalue weighted by molar-refractivity contribution is 6.03. The second-order valence-electron chi connectivity index (χ2n) is 6.76. The van der Waals surface area contributed by atoms with Crippen molar-refractivity contribution in [1.29, 1.82) is 0 Å². The van der Waals surface area contributed by atoms with Crippen LogP contribution in [0.2, 0.25) is 0 Å². The fraction of sp³-hybridized carbons (Fsp3) is 0.261. The number of nitrogens with one attached hydrogen (secondary N) is 1. The molecule has 1 aliphatic heterocycles. The topological polar surface area (TPSA) is 15.0 Å². The van der Waals surface area contributed by atoms with Gasteiger partial charge in [-0.25, -0.2) is 0 Å². The van der Waals surface area contributed by atoms with Gasteiger partial charge in [0.05, 0.1) is 5.41 Å². The van der Waals surface area contributed by atoms with Gasteiger partial charge in [-0.2, -0.15) is 4.58 Å². The normalized spacial score (nSPS) is 16.5. The average molecular weight is 333 g/mol. The van der Waals surface area contributed by atoms with Gasteiger partial charge in [-0.05, 0) is 32.1 Å². The molecule has 1 aliphatic rings. The maximum Gasteiger partial charge on any atom is 0.209 e. The minimum Gasteiger partial charge on any atom is -0.362 e. The van der Waals surface area contributed by atoms with E-state index in [9.17, 15) is 0 Å². The van der Waals surface area contributed by atoms with Crippen LogP contribution in [0.15, 0.2) is 79.0 Å². The molecule has 128 valence electrons. The first-order valence-electron chi connectivity index (χ1n) is 9.54. The van der Waals surface area contributed by atoms with Crippen LogP contribution in [0.5, 0.6) is 0 Å². The SMILES string of the molecule is [3H]CCC[N+]1=C(/C=C/C=C/Nc2ccccc2)C(C)(C)c2ccccc21. The Balaban J connectivity index is 1.81. The van der Waals surface area contributed by atoms with Gasteiger partial charge in [-0.1, -0.05) is 49.4 Å². The molecule has 0 spiro atoms. The van der Waals surface area contributed by atoms with Gasteiger partial charge >= 0.3 is 0 Å². The van der Waals surface area contributed by atoms with Crippen molar-refractivity contribution in [3.05, 3.63) is 84.6 Å². The molecule has 0 saturated heterocycles. The van der Waals surface area contributed by atoms with Crippen LogP contribution in [-0.2, 0) is 5.41 Å². The zero-order chi connectivity index (χ0) is 18.4. The Morgan fingerprint density at radius 1 is 1.04 bits per heavy atom. The van der Waals surface area contributed by atoms with Gasteiger partial charge < -0.3 is 5.32 Å². The number of hydrogen-bond donors (Lipinski definition) is 1.